The van der Waals surface area contributed by atoms with Crippen LogP contribution in [-0.2, 0) is 0 Å². The fraction of sp³-hybridized carbons (Fsp3) is 0. The first kappa shape index (κ1) is 13.0. The molecule has 104 valence electrons. The van der Waals surface area contributed by atoms with E-state index in [-0.39, 0.29) is 11.8 Å². The molecule has 2 N–H and O–H groups in total. The van der Waals surface area contributed by atoms with Crippen LogP contribution in [0.4, 0.5) is 10.3 Å². The summed E-state index contributed by atoms with van der Waals surface area (Å²) in [7, 11) is 0. The highest BCUT2D eigenvalue weighted by Gasteiger charge is 2.05. The maximum Gasteiger partial charge on any atom is 0.221 e. The van der Waals surface area contributed by atoms with Crippen molar-refractivity contribution in [2.45, 2.75) is 0 Å². The van der Waals surface area contributed by atoms with Crippen LogP contribution in [0, 0.1) is 5.82 Å². The number of hydrogen-bond donors (Lipinski definition) is 1. The molecule has 0 saturated heterocycles. The maximum absolute atomic E-state index is 12.8. The second kappa shape index (κ2) is 5.54. The number of hydrogen-bond acceptors (Lipinski definition) is 4. The number of aromatic nitrogens is 3. The van der Waals surface area contributed by atoms with E-state index in [1.54, 1.807) is 36.9 Å². The summed E-state index contributed by atoms with van der Waals surface area (Å²) in [6.45, 7) is 0. The minimum atomic E-state index is -0.284. The molecule has 0 unspecified atom stereocenters. The van der Waals surface area contributed by atoms with Crippen LogP contribution in [-0.4, -0.2) is 20.9 Å². The number of anilines is 1. The quantitative estimate of drug-likeness (QED) is 0.750. The SMILES string of the molecule is Nc1nc(-c2cccnc2)cn1/N=C\c1ccc(F)cc1. The van der Waals surface area contributed by atoms with Gasteiger partial charge in [0.1, 0.15) is 5.82 Å². The van der Waals surface area contributed by atoms with Crippen LogP contribution in [0.5, 0.6) is 0 Å². The number of nitrogens with two attached hydrogens (primary N) is 1. The Labute approximate surface area is 120 Å². The number of imidazole rings is 1. The van der Waals surface area contributed by atoms with Gasteiger partial charge in [0.25, 0.3) is 0 Å². The number of rotatable bonds is 3. The molecule has 0 aliphatic heterocycles. The Morgan fingerprint density at radius 1 is 1.19 bits per heavy atom. The van der Waals surface area contributed by atoms with Crippen molar-refractivity contribution in [2.75, 3.05) is 5.73 Å². The monoisotopic (exact) mass is 281 g/mol. The number of halogens is 1. The molecule has 0 aliphatic carbocycles. The summed E-state index contributed by atoms with van der Waals surface area (Å²) in [6.07, 6.45) is 6.70. The predicted octanol–water partition coefficient (Wildman–Crippen LogP) is 2.55. The zero-order chi connectivity index (χ0) is 14.7. The Bertz CT molecular complexity index is 763. The summed E-state index contributed by atoms with van der Waals surface area (Å²) in [5.74, 6) is -0.0135. The third-order valence-corrected chi connectivity index (χ3v) is 2.87. The van der Waals surface area contributed by atoms with Gasteiger partial charge >= 0.3 is 0 Å². The van der Waals surface area contributed by atoms with Crippen LogP contribution < -0.4 is 5.73 Å². The molecular formula is C15H12FN5. The lowest BCUT2D eigenvalue weighted by Gasteiger charge is -1.95. The summed E-state index contributed by atoms with van der Waals surface area (Å²) in [5, 5.41) is 4.21. The van der Waals surface area contributed by atoms with Gasteiger partial charge in [0.2, 0.25) is 5.95 Å². The zero-order valence-corrected chi connectivity index (χ0v) is 11.0. The molecule has 0 bridgehead atoms. The van der Waals surface area contributed by atoms with Crippen LogP contribution in [0.15, 0.2) is 60.1 Å². The number of nitrogen functional groups attached to an aromatic ring is 1. The molecule has 21 heavy (non-hydrogen) atoms. The summed E-state index contributed by atoms with van der Waals surface area (Å²) in [6, 6.07) is 9.73. The van der Waals surface area contributed by atoms with E-state index in [2.05, 4.69) is 15.1 Å². The van der Waals surface area contributed by atoms with Crippen molar-refractivity contribution in [3.63, 3.8) is 0 Å². The van der Waals surface area contributed by atoms with Crippen molar-refractivity contribution in [1.29, 1.82) is 0 Å². The average Bonchev–Trinajstić information content (AvgIpc) is 2.89. The van der Waals surface area contributed by atoms with E-state index in [9.17, 15) is 4.39 Å². The van der Waals surface area contributed by atoms with Gasteiger partial charge < -0.3 is 5.73 Å². The first-order chi connectivity index (χ1) is 10.2. The molecule has 0 radical (unpaired) electrons. The molecule has 0 aliphatic rings. The molecule has 6 heteroatoms. The maximum atomic E-state index is 12.8. The Kier molecular flexibility index (Phi) is 3.42. The molecule has 2 aromatic heterocycles. The molecule has 0 fully saturated rings. The third kappa shape index (κ3) is 2.94. The Balaban J connectivity index is 1.86. The fourth-order valence-electron chi connectivity index (χ4n) is 1.81. The molecule has 5 nitrogen and oxygen atoms in total. The van der Waals surface area contributed by atoms with Gasteiger partial charge in [0.05, 0.1) is 18.1 Å². The van der Waals surface area contributed by atoms with E-state index >= 15 is 0 Å². The molecule has 2 heterocycles. The van der Waals surface area contributed by atoms with E-state index in [0.717, 1.165) is 11.1 Å². The van der Waals surface area contributed by atoms with Gasteiger partial charge in [-0.3, -0.25) is 4.98 Å². The largest absolute Gasteiger partial charge is 0.368 e. The van der Waals surface area contributed by atoms with E-state index in [4.69, 9.17) is 5.73 Å². The van der Waals surface area contributed by atoms with Gasteiger partial charge in [0.15, 0.2) is 0 Å². The predicted molar refractivity (Wildman–Crippen MR) is 79.3 cm³/mol. The Morgan fingerprint density at radius 2 is 2.00 bits per heavy atom. The highest BCUT2D eigenvalue weighted by atomic mass is 19.1. The normalized spacial score (nSPS) is 11.1. The minimum absolute atomic E-state index is 0.271. The molecule has 1 aromatic carbocycles. The first-order valence-corrected chi connectivity index (χ1v) is 6.27. The van der Waals surface area contributed by atoms with Crippen molar-refractivity contribution >= 4 is 12.2 Å². The lowest BCUT2D eigenvalue weighted by Crippen LogP contribution is -1.96. The van der Waals surface area contributed by atoms with E-state index in [0.29, 0.717) is 5.69 Å². The summed E-state index contributed by atoms with van der Waals surface area (Å²) >= 11 is 0. The lowest BCUT2D eigenvalue weighted by atomic mass is 10.2. The first-order valence-electron chi connectivity index (χ1n) is 6.27. The van der Waals surface area contributed by atoms with Gasteiger partial charge in [-0.2, -0.15) is 5.10 Å². The molecule has 3 rings (SSSR count). The van der Waals surface area contributed by atoms with Crippen LogP contribution in [0.25, 0.3) is 11.3 Å². The zero-order valence-electron chi connectivity index (χ0n) is 11.0. The fourth-order valence-corrected chi connectivity index (χ4v) is 1.81. The van der Waals surface area contributed by atoms with E-state index < -0.39 is 0 Å². The average molecular weight is 281 g/mol. The Morgan fingerprint density at radius 3 is 2.71 bits per heavy atom. The van der Waals surface area contributed by atoms with Crippen molar-refractivity contribution < 1.29 is 4.39 Å². The van der Waals surface area contributed by atoms with Gasteiger partial charge in [-0.15, -0.1) is 0 Å². The van der Waals surface area contributed by atoms with Crippen LogP contribution in [0.1, 0.15) is 5.56 Å². The molecular weight excluding hydrogens is 269 g/mol. The molecule has 3 aromatic rings. The second-order valence-electron chi connectivity index (χ2n) is 4.37. The van der Waals surface area contributed by atoms with Crippen molar-refractivity contribution in [3.8, 4) is 11.3 Å². The smallest absolute Gasteiger partial charge is 0.221 e. The summed E-state index contributed by atoms with van der Waals surface area (Å²) < 4.78 is 14.3. The Hall–Kier alpha value is -3.02. The third-order valence-electron chi connectivity index (χ3n) is 2.87. The number of nitrogens with zero attached hydrogens (tertiary/aromatic N) is 4. The molecule has 0 atom stereocenters. The van der Waals surface area contributed by atoms with Crippen LogP contribution >= 0.6 is 0 Å². The van der Waals surface area contributed by atoms with E-state index in [1.165, 1.54) is 16.8 Å². The molecule has 0 saturated carbocycles. The van der Waals surface area contributed by atoms with Crippen molar-refractivity contribution in [3.05, 3.63) is 66.4 Å². The standard InChI is InChI=1S/C15H12FN5/c16-13-5-3-11(4-6-13)8-19-21-10-14(20-15(21)17)12-2-1-7-18-9-12/h1-10H,(H2,17,20)/b19-8-. The number of benzene rings is 1. The van der Waals surface area contributed by atoms with Gasteiger partial charge in [-0.1, -0.05) is 12.1 Å². The summed E-state index contributed by atoms with van der Waals surface area (Å²) in [5.41, 5.74) is 8.15. The summed E-state index contributed by atoms with van der Waals surface area (Å²) in [4.78, 5) is 8.27. The molecule has 0 spiro atoms. The van der Waals surface area contributed by atoms with Gasteiger partial charge in [-0.25, -0.2) is 14.1 Å². The highest BCUT2D eigenvalue weighted by Crippen LogP contribution is 2.18. The second-order valence-corrected chi connectivity index (χ2v) is 4.37. The molecule has 0 amide bonds. The number of pyridine rings is 1. The van der Waals surface area contributed by atoms with Crippen LogP contribution in [0.2, 0.25) is 0 Å². The topological polar surface area (TPSA) is 69.1 Å². The van der Waals surface area contributed by atoms with Crippen molar-refractivity contribution in [2.24, 2.45) is 5.10 Å². The van der Waals surface area contributed by atoms with Crippen LogP contribution in [0.3, 0.4) is 0 Å². The van der Waals surface area contributed by atoms with E-state index in [1.807, 2.05) is 12.1 Å². The highest BCUT2D eigenvalue weighted by molar-refractivity contribution is 5.79. The minimum Gasteiger partial charge on any atom is -0.368 e. The van der Waals surface area contributed by atoms with Gasteiger partial charge in [-0.05, 0) is 29.8 Å². The van der Waals surface area contributed by atoms with Crippen molar-refractivity contribution in [1.82, 2.24) is 14.6 Å². The lowest BCUT2D eigenvalue weighted by molar-refractivity contribution is 0.628. The van der Waals surface area contributed by atoms with Gasteiger partial charge in [0, 0.05) is 18.0 Å².